The van der Waals surface area contributed by atoms with E-state index in [0.29, 0.717) is 24.8 Å². The van der Waals surface area contributed by atoms with Crippen LogP contribution in [0.3, 0.4) is 0 Å². The van der Waals surface area contributed by atoms with Gasteiger partial charge in [0.15, 0.2) is 5.84 Å². The van der Waals surface area contributed by atoms with Crippen LogP contribution in [0, 0.1) is 16.7 Å². The van der Waals surface area contributed by atoms with Crippen molar-refractivity contribution in [2.45, 2.75) is 118 Å². The zero-order valence-corrected chi connectivity index (χ0v) is 25.3. The average Bonchev–Trinajstić information content (AvgIpc) is 3.10. The second kappa shape index (κ2) is 10.9. The zero-order valence-electron chi connectivity index (χ0n) is 25.3. The highest BCUT2D eigenvalue weighted by Gasteiger charge is 2.54. The fourth-order valence-electron chi connectivity index (χ4n) is 6.75. The first-order valence-corrected chi connectivity index (χ1v) is 14.8. The Bertz CT molecular complexity index is 1060. The number of ether oxygens (including phenoxy) is 1. The van der Waals surface area contributed by atoms with Gasteiger partial charge in [0.1, 0.15) is 5.66 Å². The molecule has 1 saturated heterocycles. The van der Waals surface area contributed by atoms with Crippen molar-refractivity contribution in [3.8, 4) is 0 Å². The number of carbonyl (C=O) groups is 2. The lowest BCUT2D eigenvalue weighted by molar-refractivity contribution is -0.135. The third-order valence-electron chi connectivity index (χ3n) is 8.92. The van der Waals surface area contributed by atoms with Crippen molar-refractivity contribution < 1.29 is 19.4 Å². The maximum Gasteiger partial charge on any atom is 0.335 e. The van der Waals surface area contributed by atoms with Crippen molar-refractivity contribution in [2.24, 2.45) is 21.7 Å². The summed E-state index contributed by atoms with van der Waals surface area (Å²) in [6.07, 6.45) is 5.55. The number of amidine groups is 1. The molecular weight excluding hydrogens is 490 g/mol. The molecule has 1 aromatic rings. The molecule has 0 bridgehead atoms. The molecule has 1 aliphatic carbocycles. The number of amides is 1. The summed E-state index contributed by atoms with van der Waals surface area (Å²) in [5.74, 6) is 0.231. The van der Waals surface area contributed by atoms with E-state index in [1.54, 1.807) is 12.1 Å². The van der Waals surface area contributed by atoms with Crippen LogP contribution in [0.15, 0.2) is 29.3 Å². The summed E-state index contributed by atoms with van der Waals surface area (Å²) in [6.45, 7) is 19.1. The van der Waals surface area contributed by atoms with Gasteiger partial charge in [-0.1, -0.05) is 53.7 Å². The van der Waals surface area contributed by atoms with Gasteiger partial charge in [-0.05, 0) is 86.8 Å². The SMILES string of the molecule is CC1CN(C2=NC3(CCC(C(C)(C)C)CC3)N([C@H](CCC(C)(C)C)c3ccc(C(=O)O)cc3)C2=O)C[C@H](C)O1. The Balaban J connectivity index is 1.76. The highest BCUT2D eigenvalue weighted by molar-refractivity contribution is 6.39. The molecule has 7 nitrogen and oxygen atoms in total. The standard InChI is InChI=1S/C32H49N3O4/c1-21-19-34(20-22(2)39-21)27-28(36)35(32(33-27)17-13-25(14-18-32)31(6,7)8)26(15-16-30(3,4)5)23-9-11-24(12-10-23)29(37)38/h9-12,21-22,25-26H,13-20H2,1-8H3,(H,37,38)/t21-,22?,25?,26+,32?/m0/s1. The smallest absolute Gasteiger partial charge is 0.335 e. The van der Waals surface area contributed by atoms with E-state index < -0.39 is 11.6 Å². The van der Waals surface area contributed by atoms with E-state index in [1.807, 2.05) is 12.1 Å². The van der Waals surface area contributed by atoms with Gasteiger partial charge in [0.2, 0.25) is 0 Å². The lowest BCUT2D eigenvalue weighted by atomic mass is 9.69. The van der Waals surface area contributed by atoms with Crippen molar-refractivity contribution in [1.82, 2.24) is 9.80 Å². The number of aliphatic imine (C=N–C) groups is 1. The fraction of sp³-hybridized carbons (Fsp3) is 0.719. The molecule has 2 heterocycles. The first kappa shape index (κ1) is 29.6. The van der Waals surface area contributed by atoms with Gasteiger partial charge >= 0.3 is 5.97 Å². The van der Waals surface area contributed by atoms with Crippen LogP contribution in [0.25, 0.3) is 0 Å². The van der Waals surface area contributed by atoms with E-state index in [9.17, 15) is 14.7 Å². The monoisotopic (exact) mass is 539 g/mol. The lowest BCUT2D eigenvalue weighted by Gasteiger charge is -2.47. The third kappa shape index (κ3) is 6.50. The molecule has 216 valence electrons. The molecule has 1 spiro atoms. The predicted octanol–water partition coefficient (Wildman–Crippen LogP) is 6.53. The van der Waals surface area contributed by atoms with Crippen LogP contribution in [0.1, 0.15) is 116 Å². The Morgan fingerprint density at radius 2 is 1.62 bits per heavy atom. The van der Waals surface area contributed by atoms with Gasteiger partial charge in [0, 0.05) is 13.1 Å². The maximum absolute atomic E-state index is 14.5. The van der Waals surface area contributed by atoms with Gasteiger partial charge in [0.25, 0.3) is 5.91 Å². The zero-order chi connectivity index (χ0) is 28.8. The van der Waals surface area contributed by atoms with Crippen LogP contribution in [-0.2, 0) is 9.53 Å². The summed E-state index contributed by atoms with van der Waals surface area (Å²) in [5, 5.41) is 9.49. The van der Waals surface area contributed by atoms with Crippen LogP contribution < -0.4 is 0 Å². The number of nitrogens with zero attached hydrogens (tertiary/aromatic N) is 3. The van der Waals surface area contributed by atoms with Gasteiger partial charge in [-0.2, -0.15) is 0 Å². The molecule has 2 aliphatic heterocycles. The summed E-state index contributed by atoms with van der Waals surface area (Å²) >= 11 is 0. The van der Waals surface area contributed by atoms with E-state index in [1.165, 1.54) is 0 Å². The number of hydrogen-bond donors (Lipinski definition) is 1. The average molecular weight is 540 g/mol. The molecule has 4 rings (SSSR count). The molecule has 2 fully saturated rings. The summed E-state index contributed by atoms with van der Waals surface area (Å²) in [5.41, 5.74) is 0.976. The molecule has 0 radical (unpaired) electrons. The summed E-state index contributed by atoms with van der Waals surface area (Å²) < 4.78 is 5.98. The van der Waals surface area contributed by atoms with Crippen LogP contribution in [0.2, 0.25) is 0 Å². The van der Waals surface area contributed by atoms with E-state index in [0.717, 1.165) is 44.1 Å². The number of aromatic carboxylic acids is 1. The Kier molecular flexibility index (Phi) is 8.24. The van der Waals surface area contributed by atoms with Crippen molar-refractivity contribution >= 4 is 17.7 Å². The quantitative estimate of drug-likeness (QED) is 0.460. The molecule has 39 heavy (non-hydrogen) atoms. The van der Waals surface area contributed by atoms with Gasteiger partial charge in [-0.15, -0.1) is 0 Å². The van der Waals surface area contributed by atoms with Crippen LogP contribution in [0.5, 0.6) is 0 Å². The van der Waals surface area contributed by atoms with E-state index in [4.69, 9.17) is 9.73 Å². The molecule has 7 heteroatoms. The predicted molar refractivity (Wildman–Crippen MR) is 155 cm³/mol. The van der Waals surface area contributed by atoms with Crippen molar-refractivity contribution in [2.75, 3.05) is 13.1 Å². The molecule has 1 amide bonds. The molecule has 3 atom stereocenters. The van der Waals surface area contributed by atoms with Crippen LogP contribution >= 0.6 is 0 Å². The normalized spacial score (nSPS) is 29.1. The number of carboxylic acid groups (broad SMARTS) is 1. The molecule has 1 saturated carbocycles. The number of morpholine rings is 1. The highest BCUT2D eigenvalue weighted by atomic mass is 16.5. The maximum atomic E-state index is 14.5. The van der Waals surface area contributed by atoms with Gasteiger partial charge < -0.3 is 19.6 Å². The second-order valence-electron chi connectivity index (χ2n) is 14.4. The van der Waals surface area contributed by atoms with Crippen molar-refractivity contribution in [3.63, 3.8) is 0 Å². The topological polar surface area (TPSA) is 82.4 Å². The minimum Gasteiger partial charge on any atom is -0.478 e. The van der Waals surface area contributed by atoms with E-state index in [-0.39, 0.29) is 40.6 Å². The number of benzene rings is 1. The van der Waals surface area contributed by atoms with Gasteiger partial charge in [-0.25, -0.2) is 9.79 Å². The Hall–Kier alpha value is -2.41. The Morgan fingerprint density at radius 3 is 2.10 bits per heavy atom. The van der Waals surface area contributed by atoms with Crippen LogP contribution in [0.4, 0.5) is 0 Å². The lowest BCUT2D eigenvalue weighted by Crippen LogP contribution is -2.54. The fourth-order valence-corrected chi connectivity index (χ4v) is 6.75. The van der Waals surface area contributed by atoms with Crippen molar-refractivity contribution in [1.29, 1.82) is 0 Å². The minimum atomic E-state index is -0.941. The first-order valence-electron chi connectivity index (χ1n) is 14.8. The molecule has 0 aromatic heterocycles. The first-order chi connectivity index (χ1) is 18.1. The minimum absolute atomic E-state index is 0.00623. The highest BCUT2D eigenvalue weighted by Crippen LogP contribution is 2.50. The molecule has 1 N–H and O–H groups in total. The molecule has 1 unspecified atom stereocenters. The third-order valence-corrected chi connectivity index (χ3v) is 8.92. The molecule has 1 aromatic carbocycles. The second-order valence-corrected chi connectivity index (χ2v) is 14.4. The van der Waals surface area contributed by atoms with Gasteiger partial charge in [0.05, 0.1) is 23.8 Å². The van der Waals surface area contributed by atoms with Crippen molar-refractivity contribution in [3.05, 3.63) is 35.4 Å². The largest absolute Gasteiger partial charge is 0.478 e. The summed E-state index contributed by atoms with van der Waals surface area (Å²) in [7, 11) is 0. The summed E-state index contributed by atoms with van der Waals surface area (Å²) in [4.78, 5) is 35.7. The summed E-state index contributed by atoms with van der Waals surface area (Å²) in [6, 6.07) is 6.95. The van der Waals surface area contributed by atoms with Crippen LogP contribution in [-0.4, -0.2) is 63.6 Å². The number of carboxylic acids is 1. The molecule has 3 aliphatic rings. The molecular formula is C32H49N3O4. The van der Waals surface area contributed by atoms with E-state index in [2.05, 4.69) is 65.2 Å². The Morgan fingerprint density at radius 1 is 1.05 bits per heavy atom. The number of rotatable bonds is 5. The Labute approximate surface area is 235 Å². The van der Waals surface area contributed by atoms with E-state index >= 15 is 0 Å². The number of hydrogen-bond acceptors (Lipinski definition) is 5. The number of carbonyl (C=O) groups excluding carboxylic acids is 1. The van der Waals surface area contributed by atoms with Gasteiger partial charge in [-0.3, -0.25) is 4.79 Å².